The Morgan fingerprint density at radius 1 is 1.06 bits per heavy atom. The van der Waals surface area contributed by atoms with Gasteiger partial charge in [-0.1, -0.05) is 39.0 Å². The normalized spacial score (nSPS) is 25.2. The lowest BCUT2D eigenvalue weighted by molar-refractivity contribution is -0.139. The summed E-state index contributed by atoms with van der Waals surface area (Å²) in [5.74, 6) is -1.44. The van der Waals surface area contributed by atoms with Crippen LogP contribution in [0.3, 0.4) is 0 Å². The summed E-state index contributed by atoms with van der Waals surface area (Å²) in [7, 11) is -1.60. The number of nitrogens with zero attached hydrogens (tertiary/aromatic N) is 1. The second kappa shape index (κ2) is 11.0. The van der Waals surface area contributed by atoms with Crippen molar-refractivity contribution in [1.82, 2.24) is 15.5 Å². The van der Waals surface area contributed by atoms with E-state index in [1.807, 2.05) is 6.92 Å². The Kier molecular flexibility index (Phi) is 8.58. The van der Waals surface area contributed by atoms with Crippen LogP contribution in [0.1, 0.15) is 84.0 Å². The molecule has 1 aliphatic heterocycles. The molecule has 10 heteroatoms. The molecule has 0 bridgehead atoms. The van der Waals surface area contributed by atoms with Crippen molar-refractivity contribution in [3.05, 3.63) is 0 Å². The standard InChI is InChI=1S/C22H39BN4O5/c1-2-16(20(29)27-14-8-11-17(27)23(31)32)25-21(30)22(12-6-7-13-22)26-19(28)18(24)15-9-4-3-5-10-15/h15-18,31-32H,2-14,24H2,1H3,(H,25,30)(H,26,28)/t16?,17-,18?/m0/s1. The number of carbonyl (C=O) groups is 3. The minimum Gasteiger partial charge on any atom is -0.426 e. The van der Waals surface area contributed by atoms with Crippen molar-refractivity contribution in [1.29, 1.82) is 0 Å². The van der Waals surface area contributed by atoms with Crippen LogP contribution in [0.5, 0.6) is 0 Å². The lowest BCUT2D eigenvalue weighted by Crippen LogP contribution is -2.63. The second-order valence-corrected chi connectivity index (χ2v) is 9.79. The monoisotopic (exact) mass is 450 g/mol. The molecule has 3 amide bonds. The van der Waals surface area contributed by atoms with E-state index in [1.165, 1.54) is 11.3 Å². The summed E-state index contributed by atoms with van der Waals surface area (Å²) in [6, 6.07) is -1.40. The van der Waals surface area contributed by atoms with E-state index in [9.17, 15) is 24.4 Å². The summed E-state index contributed by atoms with van der Waals surface area (Å²) < 4.78 is 0. The zero-order valence-corrected chi connectivity index (χ0v) is 19.2. The summed E-state index contributed by atoms with van der Waals surface area (Å²) in [4.78, 5) is 40.9. The molecule has 9 nitrogen and oxygen atoms in total. The van der Waals surface area contributed by atoms with Crippen molar-refractivity contribution in [3.63, 3.8) is 0 Å². The molecule has 6 N–H and O–H groups in total. The highest BCUT2D eigenvalue weighted by atomic mass is 16.4. The van der Waals surface area contributed by atoms with E-state index < -0.39 is 30.7 Å². The molecule has 3 aliphatic rings. The molecule has 0 spiro atoms. The molecule has 3 rings (SSSR count). The maximum atomic E-state index is 13.4. The summed E-state index contributed by atoms with van der Waals surface area (Å²) >= 11 is 0. The first-order chi connectivity index (χ1) is 15.3. The van der Waals surface area contributed by atoms with Gasteiger partial charge in [0.25, 0.3) is 0 Å². The van der Waals surface area contributed by atoms with Crippen molar-refractivity contribution < 1.29 is 24.4 Å². The molecule has 0 aromatic carbocycles. The van der Waals surface area contributed by atoms with Crippen LogP contribution >= 0.6 is 0 Å². The maximum Gasteiger partial charge on any atom is 0.475 e. The molecule has 0 radical (unpaired) electrons. The number of carbonyl (C=O) groups excluding carboxylic acids is 3. The van der Waals surface area contributed by atoms with E-state index in [4.69, 9.17) is 5.73 Å². The van der Waals surface area contributed by atoms with Crippen molar-refractivity contribution in [2.75, 3.05) is 6.54 Å². The lowest BCUT2D eigenvalue weighted by Gasteiger charge is -2.35. The molecule has 0 aromatic rings. The summed E-state index contributed by atoms with van der Waals surface area (Å²) in [6.45, 7) is 2.24. The van der Waals surface area contributed by atoms with Crippen molar-refractivity contribution in [2.24, 2.45) is 11.7 Å². The topological polar surface area (TPSA) is 145 Å². The van der Waals surface area contributed by atoms with E-state index in [2.05, 4.69) is 10.6 Å². The van der Waals surface area contributed by atoms with Crippen molar-refractivity contribution in [3.8, 4) is 0 Å². The summed E-state index contributed by atoms with van der Waals surface area (Å²) in [5.41, 5.74) is 5.24. The molecule has 32 heavy (non-hydrogen) atoms. The third-order valence-corrected chi connectivity index (χ3v) is 7.65. The van der Waals surface area contributed by atoms with Crippen LogP contribution in [0.25, 0.3) is 0 Å². The first-order valence-corrected chi connectivity index (χ1v) is 12.3. The van der Waals surface area contributed by atoms with Gasteiger partial charge in [-0.05, 0) is 50.9 Å². The molecular formula is C22H39BN4O5. The molecule has 180 valence electrons. The van der Waals surface area contributed by atoms with Crippen molar-refractivity contribution in [2.45, 2.75) is 108 Å². The van der Waals surface area contributed by atoms with Crippen LogP contribution in [0.15, 0.2) is 0 Å². The number of rotatable bonds is 8. The number of likely N-dealkylation sites (tertiary alicyclic amines) is 1. The zero-order chi connectivity index (χ0) is 23.3. The van der Waals surface area contributed by atoms with Crippen molar-refractivity contribution >= 4 is 24.8 Å². The van der Waals surface area contributed by atoms with Gasteiger partial charge in [-0.2, -0.15) is 0 Å². The van der Waals surface area contributed by atoms with E-state index in [0.29, 0.717) is 38.6 Å². The number of nitrogens with one attached hydrogen (secondary N) is 2. The summed E-state index contributed by atoms with van der Waals surface area (Å²) in [6.07, 6.45) is 9.49. The Bertz CT molecular complexity index is 679. The van der Waals surface area contributed by atoms with Gasteiger partial charge in [0.2, 0.25) is 17.7 Å². The molecule has 3 fully saturated rings. The Hall–Kier alpha value is -1.65. The minimum atomic E-state index is -1.60. The van der Waals surface area contributed by atoms with Gasteiger partial charge in [0.05, 0.1) is 12.0 Å². The first-order valence-electron chi connectivity index (χ1n) is 12.3. The van der Waals surface area contributed by atoms with Crippen LogP contribution in [0.2, 0.25) is 0 Å². The highest BCUT2D eigenvalue weighted by Crippen LogP contribution is 2.32. The third-order valence-electron chi connectivity index (χ3n) is 7.65. The zero-order valence-electron chi connectivity index (χ0n) is 19.2. The molecule has 1 heterocycles. The number of hydrogen-bond acceptors (Lipinski definition) is 6. The van der Waals surface area contributed by atoms with Gasteiger partial charge >= 0.3 is 7.12 Å². The van der Waals surface area contributed by atoms with E-state index in [1.54, 1.807) is 0 Å². The Morgan fingerprint density at radius 3 is 2.31 bits per heavy atom. The largest absolute Gasteiger partial charge is 0.475 e. The first kappa shape index (κ1) is 25.0. The number of hydrogen-bond donors (Lipinski definition) is 5. The fourth-order valence-electron chi connectivity index (χ4n) is 5.62. The van der Waals surface area contributed by atoms with Gasteiger partial charge in [-0.15, -0.1) is 0 Å². The molecule has 2 unspecified atom stereocenters. The van der Waals surface area contributed by atoms with Gasteiger partial charge in [0.15, 0.2) is 0 Å². The average molecular weight is 450 g/mol. The van der Waals surface area contributed by atoms with E-state index in [-0.39, 0.29) is 23.6 Å². The maximum absolute atomic E-state index is 13.4. The lowest BCUT2D eigenvalue weighted by atomic mass is 9.77. The SMILES string of the molecule is CCC(NC(=O)C1(NC(=O)C(N)C2CCCCC2)CCCC1)C(=O)N1CCC[C@H]1B(O)O. The van der Waals surface area contributed by atoms with Gasteiger partial charge in [-0.3, -0.25) is 14.4 Å². The number of amides is 3. The van der Waals surface area contributed by atoms with E-state index in [0.717, 1.165) is 38.5 Å². The smallest absolute Gasteiger partial charge is 0.426 e. The van der Waals surface area contributed by atoms with Crippen LogP contribution < -0.4 is 16.4 Å². The van der Waals surface area contributed by atoms with Crippen LogP contribution in [-0.2, 0) is 14.4 Å². The molecule has 2 aliphatic carbocycles. The summed E-state index contributed by atoms with van der Waals surface area (Å²) in [5, 5.41) is 25.0. The Morgan fingerprint density at radius 2 is 1.72 bits per heavy atom. The fourth-order valence-corrected chi connectivity index (χ4v) is 5.62. The molecule has 2 saturated carbocycles. The highest BCUT2D eigenvalue weighted by Gasteiger charge is 2.46. The quantitative estimate of drug-likeness (QED) is 0.335. The van der Waals surface area contributed by atoms with Crippen LogP contribution in [0, 0.1) is 5.92 Å². The predicted molar refractivity (Wildman–Crippen MR) is 121 cm³/mol. The van der Waals surface area contributed by atoms with Gasteiger partial charge in [0.1, 0.15) is 11.6 Å². The molecule has 1 saturated heterocycles. The Labute approximate surface area is 191 Å². The van der Waals surface area contributed by atoms with Crippen LogP contribution in [0.4, 0.5) is 0 Å². The van der Waals surface area contributed by atoms with Gasteiger partial charge in [0, 0.05) is 6.54 Å². The molecule has 0 aromatic heterocycles. The minimum absolute atomic E-state index is 0.146. The predicted octanol–water partition coefficient (Wildman–Crippen LogP) is 0.221. The van der Waals surface area contributed by atoms with Crippen LogP contribution in [-0.4, -0.2) is 69.9 Å². The Balaban J connectivity index is 1.66. The average Bonchev–Trinajstić information content (AvgIpc) is 3.47. The highest BCUT2D eigenvalue weighted by molar-refractivity contribution is 6.43. The van der Waals surface area contributed by atoms with E-state index >= 15 is 0 Å². The second-order valence-electron chi connectivity index (χ2n) is 9.79. The third kappa shape index (κ3) is 5.46. The fraction of sp³-hybridized carbons (Fsp3) is 0.864. The van der Waals surface area contributed by atoms with Gasteiger partial charge < -0.3 is 31.3 Å². The number of nitrogens with two attached hydrogens (primary N) is 1. The van der Waals surface area contributed by atoms with Gasteiger partial charge in [-0.25, -0.2) is 0 Å². The molecular weight excluding hydrogens is 411 g/mol. The molecule has 3 atom stereocenters.